The van der Waals surface area contributed by atoms with E-state index in [1.807, 2.05) is 9.80 Å². The van der Waals surface area contributed by atoms with Gasteiger partial charge >= 0.3 is 12.1 Å². The van der Waals surface area contributed by atoms with Crippen LogP contribution in [0.1, 0.15) is 19.3 Å². The summed E-state index contributed by atoms with van der Waals surface area (Å²) in [5.74, 6) is 0.383. The van der Waals surface area contributed by atoms with E-state index in [4.69, 9.17) is 0 Å². The lowest BCUT2D eigenvalue weighted by atomic mass is 10.1. The van der Waals surface area contributed by atoms with E-state index in [-0.39, 0.29) is 12.1 Å². The van der Waals surface area contributed by atoms with Gasteiger partial charge in [-0.2, -0.15) is 0 Å². The lowest BCUT2D eigenvalue weighted by Gasteiger charge is -2.24. The standard InChI is InChI=1S/C12H22N4O2/c1-13-11(17)14-8-10-4-7-16(9-10)12(18)15-5-2-3-6-15/h10H,2-9H2,1H3,(H2,13,14,17)/t10-/m1/s1. The third-order valence-corrected chi connectivity index (χ3v) is 3.71. The fraction of sp³-hybridized carbons (Fsp3) is 0.833. The Bertz CT molecular complexity index is 315. The number of hydrogen-bond donors (Lipinski definition) is 2. The van der Waals surface area contributed by atoms with Crippen molar-refractivity contribution in [1.82, 2.24) is 20.4 Å². The monoisotopic (exact) mass is 254 g/mol. The zero-order valence-electron chi connectivity index (χ0n) is 10.9. The van der Waals surface area contributed by atoms with Gasteiger partial charge in [0.05, 0.1) is 0 Å². The number of nitrogens with one attached hydrogen (secondary N) is 2. The summed E-state index contributed by atoms with van der Waals surface area (Å²) in [5.41, 5.74) is 0. The highest BCUT2D eigenvalue weighted by molar-refractivity contribution is 5.75. The van der Waals surface area contributed by atoms with Crippen molar-refractivity contribution in [2.24, 2.45) is 5.92 Å². The van der Waals surface area contributed by atoms with Gasteiger partial charge in [0.15, 0.2) is 0 Å². The lowest BCUT2D eigenvalue weighted by molar-refractivity contribution is 0.171. The van der Waals surface area contributed by atoms with Crippen molar-refractivity contribution in [1.29, 1.82) is 0 Å². The molecule has 2 heterocycles. The molecule has 0 bridgehead atoms. The normalized spacial score (nSPS) is 23.3. The molecular weight excluding hydrogens is 232 g/mol. The Hall–Kier alpha value is -1.46. The van der Waals surface area contributed by atoms with Crippen LogP contribution in [-0.4, -0.2) is 61.6 Å². The molecule has 2 aliphatic heterocycles. The molecule has 2 saturated heterocycles. The van der Waals surface area contributed by atoms with Crippen LogP contribution in [0.5, 0.6) is 0 Å². The molecule has 4 amide bonds. The highest BCUT2D eigenvalue weighted by Crippen LogP contribution is 2.19. The van der Waals surface area contributed by atoms with Gasteiger partial charge in [-0.1, -0.05) is 0 Å². The van der Waals surface area contributed by atoms with Crippen molar-refractivity contribution in [2.75, 3.05) is 39.8 Å². The smallest absolute Gasteiger partial charge is 0.320 e. The van der Waals surface area contributed by atoms with Crippen molar-refractivity contribution in [3.05, 3.63) is 0 Å². The van der Waals surface area contributed by atoms with Crippen LogP contribution in [-0.2, 0) is 0 Å². The van der Waals surface area contributed by atoms with Crippen LogP contribution in [0, 0.1) is 5.92 Å². The second-order valence-corrected chi connectivity index (χ2v) is 5.04. The van der Waals surface area contributed by atoms with Crippen molar-refractivity contribution < 1.29 is 9.59 Å². The fourth-order valence-electron chi connectivity index (χ4n) is 2.61. The highest BCUT2D eigenvalue weighted by atomic mass is 16.2. The molecule has 0 aromatic rings. The van der Waals surface area contributed by atoms with E-state index in [1.54, 1.807) is 7.05 Å². The predicted octanol–water partition coefficient (Wildman–Crippen LogP) is 0.453. The molecule has 0 unspecified atom stereocenters. The molecule has 2 rings (SSSR count). The van der Waals surface area contributed by atoms with Crippen molar-refractivity contribution in [3.63, 3.8) is 0 Å². The van der Waals surface area contributed by atoms with Crippen LogP contribution in [0.15, 0.2) is 0 Å². The van der Waals surface area contributed by atoms with E-state index in [0.29, 0.717) is 12.5 Å². The number of carbonyl (C=O) groups is 2. The maximum Gasteiger partial charge on any atom is 0.320 e. The maximum atomic E-state index is 12.1. The van der Waals surface area contributed by atoms with Gasteiger partial charge in [0, 0.05) is 39.8 Å². The molecular formula is C12H22N4O2. The number of likely N-dealkylation sites (tertiary alicyclic amines) is 2. The van der Waals surface area contributed by atoms with Crippen LogP contribution in [0.2, 0.25) is 0 Å². The topological polar surface area (TPSA) is 64.7 Å². The van der Waals surface area contributed by atoms with Crippen LogP contribution in [0.25, 0.3) is 0 Å². The van der Waals surface area contributed by atoms with Gasteiger partial charge in [-0.3, -0.25) is 0 Å². The molecule has 0 aromatic heterocycles. The van der Waals surface area contributed by atoms with E-state index in [1.165, 1.54) is 0 Å². The molecule has 102 valence electrons. The Morgan fingerprint density at radius 1 is 1.17 bits per heavy atom. The molecule has 2 aliphatic rings. The van der Waals surface area contributed by atoms with Crippen molar-refractivity contribution in [2.45, 2.75) is 19.3 Å². The summed E-state index contributed by atoms with van der Waals surface area (Å²) in [4.78, 5) is 27.1. The van der Waals surface area contributed by atoms with Crippen LogP contribution in [0.4, 0.5) is 9.59 Å². The molecule has 0 aliphatic carbocycles. The summed E-state index contributed by atoms with van der Waals surface area (Å²) < 4.78 is 0. The lowest BCUT2D eigenvalue weighted by Crippen LogP contribution is -2.41. The fourth-order valence-corrected chi connectivity index (χ4v) is 2.61. The van der Waals surface area contributed by atoms with Gasteiger partial charge in [-0.05, 0) is 25.2 Å². The van der Waals surface area contributed by atoms with Gasteiger partial charge in [-0.15, -0.1) is 0 Å². The first-order valence-corrected chi connectivity index (χ1v) is 6.70. The number of hydrogen-bond acceptors (Lipinski definition) is 2. The van der Waals surface area contributed by atoms with Crippen LogP contribution in [0.3, 0.4) is 0 Å². The number of carbonyl (C=O) groups excluding carboxylic acids is 2. The average Bonchev–Trinajstić information content (AvgIpc) is 3.05. The summed E-state index contributed by atoms with van der Waals surface area (Å²) in [5, 5.41) is 5.33. The largest absolute Gasteiger partial charge is 0.341 e. The molecule has 2 fully saturated rings. The van der Waals surface area contributed by atoms with E-state index in [2.05, 4.69) is 10.6 Å². The first kappa shape index (κ1) is 13.0. The van der Waals surface area contributed by atoms with Crippen LogP contribution >= 0.6 is 0 Å². The summed E-state index contributed by atoms with van der Waals surface area (Å²) in [6.45, 7) is 4.02. The molecule has 2 N–H and O–H groups in total. The Morgan fingerprint density at radius 3 is 2.56 bits per heavy atom. The predicted molar refractivity (Wildman–Crippen MR) is 68.3 cm³/mol. The first-order valence-electron chi connectivity index (χ1n) is 6.70. The number of urea groups is 2. The number of amides is 4. The second kappa shape index (κ2) is 5.93. The van der Waals surface area contributed by atoms with Crippen LogP contribution < -0.4 is 10.6 Å². The van der Waals surface area contributed by atoms with Crippen molar-refractivity contribution >= 4 is 12.1 Å². The minimum atomic E-state index is -0.153. The van der Waals surface area contributed by atoms with Gasteiger partial charge in [0.1, 0.15) is 0 Å². The SMILES string of the molecule is CNC(=O)NC[C@H]1CCN(C(=O)N2CCCC2)C1. The minimum absolute atomic E-state index is 0.153. The van der Waals surface area contributed by atoms with E-state index >= 15 is 0 Å². The molecule has 1 atom stereocenters. The molecule has 18 heavy (non-hydrogen) atoms. The Morgan fingerprint density at radius 2 is 1.89 bits per heavy atom. The van der Waals surface area contributed by atoms with Crippen molar-refractivity contribution in [3.8, 4) is 0 Å². The minimum Gasteiger partial charge on any atom is -0.341 e. The number of rotatable bonds is 2. The maximum absolute atomic E-state index is 12.1. The van der Waals surface area contributed by atoms with Gasteiger partial charge in [0.2, 0.25) is 0 Å². The zero-order valence-corrected chi connectivity index (χ0v) is 10.9. The molecule has 6 nitrogen and oxygen atoms in total. The van der Waals surface area contributed by atoms with Gasteiger partial charge in [-0.25, -0.2) is 9.59 Å². The molecule has 0 spiro atoms. The summed E-state index contributed by atoms with van der Waals surface area (Å²) in [6, 6.07) is 0.0225. The summed E-state index contributed by atoms with van der Waals surface area (Å²) in [6.07, 6.45) is 3.23. The Kier molecular flexibility index (Phi) is 4.28. The Labute approximate surface area is 108 Å². The molecule has 0 saturated carbocycles. The average molecular weight is 254 g/mol. The first-order chi connectivity index (χ1) is 8.70. The summed E-state index contributed by atoms with van der Waals surface area (Å²) >= 11 is 0. The van der Waals surface area contributed by atoms with Gasteiger partial charge < -0.3 is 20.4 Å². The number of nitrogens with zero attached hydrogens (tertiary/aromatic N) is 2. The molecule has 6 heteroatoms. The van der Waals surface area contributed by atoms with E-state index in [0.717, 1.165) is 45.4 Å². The van der Waals surface area contributed by atoms with Gasteiger partial charge in [0.25, 0.3) is 0 Å². The zero-order chi connectivity index (χ0) is 13.0. The quantitative estimate of drug-likeness (QED) is 0.751. The Balaban J connectivity index is 1.73. The third-order valence-electron chi connectivity index (χ3n) is 3.71. The van der Waals surface area contributed by atoms with E-state index in [9.17, 15) is 9.59 Å². The third kappa shape index (κ3) is 3.05. The summed E-state index contributed by atoms with van der Waals surface area (Å²) in [7, 11) is 1.60. The molecule has 0 radical (unpaired) electrons. The van der Waals surface area contributed by atoms with E-state index < -0.39 is 0 Å². The highest BCUT2D eigenvalue weighted by Gasteiger charge is 2.30. The second-order valence-electron chi connectivity index (χ2n) is 5.04. The molecule has 0 aromatic carbocycles.